The van der Waals surface area contributed by atoms with Gasteiger partial charge in [0.1, 0.15) is 0 Å². The molecule has 0 aromatic carbocycles. The number of halogens is 2. The molecule has 0 unspecified atom stereocenters. The van der Waals surface area contributed by atoms with Crippen LogP contribution >= 0.6 is 0 Å². The van der Waals surface area contributed by atoms with Crippen LogP contribution < -0.4 is 0 Å². The van der Waals surface area contributed by atoms with Crippen molar-refractivity contribution in [1.29, 1.82) is 0 Å². The SMILES string of the molecule is CC(C)[C@H](C)CC(F)F. The van der Waals surface area contributed by atoms with E-state index in [2.05, 4.69) is 0 Å². The normalized spacial score (nSPS) is 15.0. The molecule has 0 aliphatic heterocycles. The van der Waals surface area contributed by atoms with Crippen LogP contribution in [0.3, 0.4) is 0 Å². The Balaban J connectivity index is 3.38. The number of alkyl halides is 2. The first kappa shape index (κ1) is 8.86. The monoisotopic (exact) mass is 136 g/mol. The van der Waals surface area contributed by atoms with Gasteiger partial charge in [0.2, 0.25) is 6.43 Å². The van der Waals surface area contributed by atoms with Crippen molar-refractivity contribution in [3.8, 4) is 0 Å². The van der Waals surface area contributed by atoms with Gasteiger partial charge in [0, 0.05) is 6.42 Å². The van der Waals surface area contributed by atoms with Crippen molar-refractivity contribution in [2.45, 2.75) is 33.6 Å². The molecule has 0 spiro atoms. The Labute approximate surface area is 55.3 Å². The van der Waals surface area contributed by atoms with E-state index >= 15 is 0 Å². The van der Waals surface area contributed by atoms with Gasteiger partial charge in [-0.1, -0.05) is 20.8 Å². The van der Waals surface area contributed by atoms with Crippen LogP contribution in [0.5, 0.6) is 0 Å². The Morgan fingerprint density at radius 1 is 1.11 bits per heavy atom. The Hall–Kier alpha value is -0.140. The Kier molecular flexibility index (Phi) is 3.75. The summed E-state index contributed by atoms with van der Waals surface area (Å²) in [4.78, 5) is 0. The summed E-state index contributed by atoms with van der Waals surface area (Å²) in [6, 6.07) is 0. The number of hydrogen-bond acceptors (Lipinski definition) is 0. The van der Waals surface area contributed by atoms with Gasteiger partial charge in [-0.05, 0) is 11.8 Å². The van der Waals surface area contributed by atoms with Gasteiger partial charge in [0.25, 0.3) is 0 Å². The second kappa shape index (κ2) is 3.80. The van der Waals surface area contributed by atoms with Crippen LogP contribution in [0.1, 0.15) is 27.2 Å². The van der Waals surface area contributed by atoms with Crippen LogP contribution in [-0.4, -0.2) is 6.43 Å². The van der Waals surface area contributed by atoms with E-state index in [1.807, 2.05) is 20.8 Å². The molecule has 0 heterocycles. The first-order chi connectivity index (χ1) is 4.04. The third kappa shape index (κ3) is 4.37. The second-order valence-electron chi connectivity index (χ2n) is 2.85. The zero-order chi connectivity index (χ0) is 7.44. The molecule has 1 atom stereocenters. The van der Waals surface area contributed by atoms with Crippen molar-refractivity contribution >= 4 is 0 Å². The average molecular weight is 136 g/mol. The fraction of sp³-hybridized carbons (Fsp3) is 1.00. The molecule has 0 aromatic heterocycles. The third-order valence-electron chi connectivity index (χ3n) is 1.69. The standard InChI is InChI=1S/C7H14F2/c1-5(2)6(3)4-7(8)9/h5-7H,4H2,1-3H3/t6-/m1/s1. The minimum atomic E-state index is -2.14. The molecule has 2 heteroatoms. The van der Waals surface area contributed by atoms with Gasteiger partial charge in [-0.25, -0.2) is 8.78 Å². The summed E-state index contributed by atoms with van der Waals surface area (Å²) in [7, 11) is 0. The van der Waals surface area contributed by atoms with Crippen LogP contribution in [-0.2, 0) is 0 Å². The van der Waals surface area contributed by atoms with Crippen LogP contribution in [0.4, 0.5) is 8.78 Å². The Morgan fingerprint density at radius 3 is 1.67 bits per heavy atom. The molecule has 0 rings (SSSR count). The first-order valence-corrected chi connectivity index (χ1v) is 3.32. The van der Waals surface area contributed by atoms with Crippen molar-refractivity contribution in [3.05, 3.63) is 0 Å². The maximum Gasteiger partial charge on any atom is 0.238 e. The summed E-state index contributed by atoms with van der Waals surface area (Å²) in [5.74, 6) is 0.518. The molecule has 0 amide bonds. The molecular formula is C7H14F2. The Morgan fingerprint density at radius 2 is 1.56 bits per heavy atom. The molecule has 0 radical (unpaired) electrons. The summed E-state index contributed by atoms with van der Waals surface area (Å²) in [5.41, 5.74) is 0. The lowest BCUT2D eigenvalue weighted by atomic mass is 9.95. The highest BCUT2D eigenvalue weighted by molar-refractivity contribution is 4.57. The van der Waals surface area contributed by atoms with E-state index in [0.717, 1.165) is 0 Å². The summed E-state index contributed by atoms with van der Waals surface area (Å²) in [6.07, 6.45) is -2.10. The highest BCUT2D eigenvalue weighted by Gasteiger charge is 2.12. The number of hydrogen-bond donors (Lipinski definition) is 0. The lowest BCUT2D eigenvalue weighted by Gasteiger charge is -2.13. The molecule has 0 saturated carbocycles. The minimum Gasteiger partial charge on any atom is -0.211 e. The molecular weight excluding hydrogens is 122 g/mol. The largest absolute Gasteiger partial charge is 0.238 e. The predicted octanol–water partition coefficient (Wildman–Crippen LogP) is 2.93. The highest BCUT2D eigenvalue weighted by atomic mass is 19.3. The second-order valence-corrected chi connectivity index (χ2v) is 2.85. The summed E-state index contributed by atoms with van der Waals surface area (Å²) >= 11 is 0. The smallest absolute Gasteiger partial charge is 0.211 e. The van der Waals surface area contributed by atoms with Crippen LogP contribution in [0.25, 0.3) is 0 Å². The Bertz CT molecular complexity index is 69.3. The van der Waals surface area contributed by atoms with Gasteiger partial charge in [0.05, 0.1) is 0 Å². The third-order valence-corrected chi connectivity index (χ3v) is 1.69. The molecule has 56 valence electrons. The van der Waals surface area contributed by atoms with Gasteiger partial charge in [-0.2, -0.15) is 0 Å². The van der Waals surface area contributed by atoms with Gasteiger partial charge in [-0.3, -0.25) is 0 Å². The topological polar surface area (TPSA) is 0 Å². The van der Waals surface area contributed by atoms with Crippen LogP contribution in [0.15, 0.2) is 0 Å². The quantitative estimate of drug-likeness (QED) is 0.559. The average Bonchev–Trinajstić information content (AvgIpc) is 1.63. The van der Waals surface area contributed by atoms with Crippen LogP contribution in [0.2, 0.25) is 0 Å². The van der Waals surface area contributed by atoms with Gasteiger partial charge >= 0.3 is 0 Å². The van der Waals surface area contributed by atoms with Crippen LogP contribution in [0, 0.1) is 11.8 Å². The summed E-state index contributed by atoms with van der Waals surface area (Å²) in [5, 5.41) is 0. The molecule has 0 aromatic rings. The van der Waals surface area contributed by atoms with Gasteiger partial charge in [-0.15, -0.1) is 0 Å². The number of rotatable bonds is 3. The van der Waals surface area contributed by atoms with Gasteiger partial charge in [0.15, 0.2) is 0 Å². The maximum absolute atomic E-state index is 11.6. The van der Waals surface area contributed by atoms with E-state index in [9.17, 15) is 8.78 Å². The molecule has 9 heavy (non-hydrogen) atoms. The fourth-order valence-electron chi connectivity index (χ4n) is 0.553. The zero-order valence-corrected chi connectivity index (χ0v) is 6.20. The minimum absolute atomic E-state index is 0.0394. The summed E-state index contributed by atoms with van der Waals surface area (Å²) < 4.78 is 23.3. The van der Waals surface area contributed by atoms with Crippen molar-refractivity contribution < 1.29 is 8.78 Å². The molecule has 0 saturated heterocycles. The van der Waals surface area contributed by atoms with E-state index < -0.39 is 6.43 Å². The molecule has 0 bridgehead atoms. The fourth-order valence-corrected chi connectivity index (χ4v) is 0.553. The maximum atomic E-state index is 11.6. The lowest BCUT2D eigenvalue weighted by Crippen LogP contribution is -2.08. The molecule has 0 aliphatic rings. The van der Waals surface area contributed by atoms with E-state index in [1.165, 1.54) is 0 Å². The first-order valence-electron chi connectivity index (χ1n) is 3.32. The summed E-state index contributed by atoms with van der Waals surface area (Å²) in [6.45, 7) is 5.79. The highest BCUT2D eigenvalue weighted by Crippen LogP contribution is 2.17. The molecule has 0 nitrogen and oxygen atoms in total. The van der Waals surface area contributed by atoms with Crippen molar-refractivity contribution in [3.63, 3.8) is 0 Å². The van der Waals surface area contributed by atoms with Crippen molar-refractivity contribution in [2.24, 2.45) is 11.8 Å². The van der Waals surface area contributed by atoms with E-state index in [-0.39, 0.29) is 12.3 Å². The van der Waals surface area contributed by atoms with Crippen molar-refractivity contribution in [1.82, 2.24) is 0 Å². The van der Waals surface area contributed by atoms with E-state index in [4.69, 9.17) is 0 Å². The van der Waals surface area contributed by atoms with E-state index in [1.54, 1.807) is 0 Å². The zero-order valence-electron chi connectivity index (χ0n) is 6.20. The van der Waals surface area contributed by atoms with E-state index in [0.29, 0.717) is 5.92 Å². The molecule has 0 aliphatic carbocycles. The molecule has 0 N–H and O–H groups in total. The van der Waals surface area contributed by atoms with Gasteiger partial charge < -0.3 is 0 Å². The predicted molar refractivity (Wildman–Crippen MR) is 34.6 cm³/mol. The molecule has 0 fully saturated rings. The van der Waals surface area contributed by atoms with Crippen molar-refractivity contribution in [2.75, 3.05) is 0 Å². The lowest BCUT2D eigenvalue weighted by molar-refractivity contribution is 0.107.